The van der Waals surface area contributed by atoms with Gasteiger partial charge in [-0.1, -0.05) is 23.7 Å². The van der Waals surface area contributed by atoms with E-state index in [0.29, 0.717) is 5.54 Å². The van der Waals surface area contributed by atoms with Gasteiger partial charge in [-0.25, -0.2) is 0 Å². The van der Waals surface area contributed by atoms with Crippen molar-refractivity contribution in [2.75, 3.05) is 0 Å². The Morgan fingerprint density at radius 1 is 1.29 bits per heavy atom. The van der Waals surface area contributed by atoms with Crippen LogP contribution >= 0.6 is 11.6 Å². The molecule has 2 saturated heterocycles. The Morgan fingerprint density at radius 2 is 2.00 bits per heavy atom. The van der Waals surface area contributed by atoms with Gasteiger partial charge >= 0.3 is 0 Å². The van der Waals surface area contributed by atoms with E-state index in [1.54, 1.807) is 0 Å². The maximum absolute atomic E-state index is 5.89. The van der Waals surface area contributed by atoms with Crippen molar-refractivity contribution in [2.45, 2.75) is 37.3 Å². The Balaban J connectivity index is 1.91. The van der Waals surface area contributed by atoms with Crippen LogP contribution in [0.2, 0.25) is 5.02 Å². The average Bonchev–Trinajstić information content (AvgIpc) is 2.18. The Labute approximate surface area is 89.5 Å². The Morgan fingerprint density at radius 3 is 2.57 bits per heavy atom. The normalized spacial score (nSPS) is 35.1. The van der Waals surface area contributed by atoms with Crippen LogP contribution in [0, 0.1) is 0 Å². The summed E-state index contributed by atoms with van der Waals surface area (Å²) in [5, 5.41) is 4.52. The van der Waals surface area contributed by atoms with Crippen molar-refractivity contribution in [3.8, 4) is 0 Å². The van der Waals surface area contributed by atoms with Crippen molar-refractivity contribution in [3.05, 3.63) is 34.9 Å². The van der Waals surface area contributed by atoms with Gasteiger partial charge in [0.05, 0.1) is 0 Å². The lowest BCUT2D eigenvalue weighted by molar-refractivity contribution is 0.0688. The number of hydrogen-bond donors (Lipinski definition) is 1. The summed E-state index contributed by atoms with van der Waals surface area (Å²) in [4.78, 5) is 0. The van der Waals surface area contributed by atoms with E-state index in [0.717, 1.165) is 11.1 Å². The molecule has 1 aromatic rings. The van der Waals surface area contributed by atoms with Gasteiger partial charge in [-0.3, -0.25) is 0 Å². The maximum Gasteiger partial charge on any atom is 0.0451 e. The molecule has 1 saturated carbocycles. The molecule has 1 aliphatic carbocycles. The Hall–Kier alpha value is -0.530. The van der Waals surface area contributed by atoms with Gasteiger partial charge in [-0.15, -0.1) is 0 Å². The summed E-state index contributed by atoms with van der Waals surface area (Å²) in [6.07, 6.45) is 5.31. The number of rotatable bonds is 1. The highest BCUT2D eigenvalue weighted by atomic mass is 35.5. The van der Waals surface area contributed by atoms with Crippen LogP contribution in [0.15, 0.2) is 24.3 Å². The summed E-state index contributed by atoms with van der Waals surface area (Å²) in [6.45, 7) is 0. The van der Waals surface area contributed by atoms with Crippen molar-refractivity contribution in [1.29, 1.82) is 0 Å². The molecule has 0 amide bonds. The highest BCUT2D eigenvalue weighted by Gasteiger charge is 2.47. The average molecular weight is 208 g/mol. The molecule has 3 fully saturated rings. The third-order valence-electron chi connectivity index (χ3n) is 3.63. The summed E-state index contributed by atoms with van der Waals surface area (Å²) >= 11 is 5.89. The lowest BCUT2D eigenvalue weighted by atomic mass is 9.67. The van der Waals surface area contributed by atoms with E-state index in [1.807, 2.05) is 12.1 Å². The van der Waals surface area contributed by atoms with Gasteiger partial charge in [0.25, 0.3) is 0 Å². The second kappa shape index (κ2) is 2.98. The lowest BCUT2D eigenvalue weighted by Gasteiger charge is -2.54. The number of hydrogen-bond acceptors (Lipinski definition) is 1. The van der Waals surface area contributed by atoms with Crippen molar-refractivity contribution < 1.29 is 0 Å². The molecule has 2 heterocycles. The smallest absolute Gasteiger partial charge is 0.0451 e. The van der Waals surface area contributed by atoms with Crippen molar-refractivity contribution in [1.82, 2.24) is 5.32 Å². The molecule has 2 heteroatoms. The van der Waals surface area contributed by atoms with Crippen LogP contribution in [0.3, 0.4) is 0 Å². The molecule has 2 bridgehead atoms. The summed E-state index contributed by atoms with van der Waals surface area (Å²) in [7, 11) is 0. The molecule has 1 N–H and O–H groups in total. The molecule has 2 atom stereocenters. The van der Waals surface area contributed by atoms with Crippen molar-refractivity contribution in [2.24, 2.45) is 0 Å². The molecule has 1 aromatic carbocycles. The highest BCUT2D eigenvalue weighted by molar-refractivity contribution is 6.30. The first-order valence-electron chi connectivity index (χ1n) is 5.32. The van der Waals surface area contributed by atoms with E-state index in [2.05, 4.69) is 17.4 Å². The van der Waals surface area contributed by atoms with E-state index in [9.17, 15) is 0 Å². The van der Waals surface area contributed by atoms with Crippen LogP contribution < -0.4 is 5.32 Å². The van der Waals surface area contributed by atoms with Gasteiger partial charge in [0.15, 0.2) is 0 Å². The van der Waals surface area contributed by atoms with Crippen LogP contribution in [0.4, 0.5) is 0 Å². The lowest BCUT2D eigenvalue weighted by Crippen LogP contribution is -2.63. The summed E-state index contributed by atoms with van der Waals surface area (Å²) in [6, 6.07) is 9.09. The molecule has 2 unspecified atom stereocenters. The van der Waals surface area contributed by atoms with E-state index >= 15 is 0 Å². The van der Waals surface area contributed by atoms with Gasteiger partial charge in [0, 0.05) is 16.6 Å². The number of halogens is 1. The summed E-state index contributed by atoms with van der Waals surface area (Å²) in [5.41, 5.74) is 1.71. The molecule has 0 radical (unpaired) electrons. The summed E-state index contributed by atoms with van der Waals surface area (Å²) in [5.74, 6) is 0. The minimum Gasteiger partial charge on any atom is -0.304 e. The zero-order valence-electron chi connectivity index (χ0n) is 8.09. The zero-order valence-corrected chi connectivity index (χ0v) is 8.85. The predicted octanol–water partition coefficient (Wildman–Crippen LogP) is 3.08. The van der Waals surface area contributed by atoms with Crippen LogP contribution in [0.25, 0.3) is 0 Å². The molecular weight excluding hydrogens is 194 g/mol. The third-order valence-corrected chi connectivity index (χ3v) is 3.88. The Kier molecular flexibility index (Phi) is 1.86. The molecule has 1 nitrogen and oxygen atoms in total. The molecule has 14 heavy (non-hydrogen) atoms. The first-order valence-corrected chi connectivity index (χ1v) is 5.70. The molecule has 2 aliphatic heterocycles. The number of nitrogens with one attached hydrogen (secondary N) is 1. The molecule has 74 valence electrons. The molecule has 0 spiro atoms. The van der Waals surface area contributed by atoms with Crippen molar-refractivity contribution in [3.63, 3.8) is 0 Å². The zero-order chi connectivity index (χ0) is 9.60. The SMILES string of the molecule is Clc1ccc(C23CCCC(C2)N3)cc1. The van der Waals surface area contributed by atoms with Gasteiger partial charge in [0.1, 0.15) is 0 Å². The molecular formula is C12H14ClN. The van der Waals surface area contributed by atoms with Gasteiger partial charge < -0.3 is 5.32 Å². The standard InChI is InChI=1S/C12H14ClN/c13-10-5-3-9(4-6-10)12-7-1-2-11(8-12)14-12/h3-6,11,14H,1-2,7-8H2. The van der Waals surface area contributed by atoms with Crippen LogP contribution in [0.1, 0.15) is 31.2 Å². The minimum absolute atomic E-state index is 0.299. The predicted molar refractivity (Wildman–Crippen MR) is 58.5 cm³/mol. The quantitative estimate of drug-likeness (QED) is 0.747. The van der Waals surface area contributed by atoms with E-state index in [4.69, 9.17) is 11.6 Å². The number of benzene rings is 1. The minimum atomic E-state index is 0.299. The third kappa shape index (κ3) is 1.19. The maximum atomic E-state index is 5.89. The second-order valence-corrected chi connectivity index (χ2v) is 4.96. The fourth-order valence-corrected chi connectivity index (χ4v) is 3.03. The van der Waals surface area contributed by atoms with E-state index in [-0.39, 0.29) is 0 Å². The van der Waals surface area contributed by atoms with E-state index in [1.165, 1.54) is 31.2 Å². The highest BCUT2D eigenvalue weighted by Crippen LogP contribution is 2.45. The largest absolute Gasteiger partial charge is 0.304 e. The van der Waals surface area contributed by atoms with Crippen LogP contribution in [-0.4, -0.2) is 6.04 Å². The molecule has 3 aliphatic rings. The fraction of sp³-hybridized carbons (Fsp3) is 0.500. The second-order valence-electron chi connectivity index (χ2n) is 4.53. The number of fused-ring (bicyclic) bond motifs is 2. The first kappa shape index (κ1) is 8.75. The first-order chi connectivity index (χ1) is 6.78. The van der Waals surface area contributed by atoms with Crippen LogP contribution in [0.5, 0.6) is 0 Å². The monoisotopic (exact) mass is 207 g/mol. The topological polar surface area (TPSA) is 12.0 Å². The number of piperidine rings is 1. The Bertz CT molecular complexity index is 332. The van der Waals surface area contributed by atoms with Crippen molar-refractivity contribution >= 4 is 11.6 Å². The fourth-order valence-electron chi connectivity index (χ4n) is 2.90. The van der Waals surface area contributed by atoms with Crippen LogP contribution in [-0.2, 0) is 5.54 Å². The molecule has 0 aromatic heterocycles. The molecule has 4 rings (SSSR count). The van der Waals surface area contributed by atoms with E-state index < -0.39 is 0 Å². The van der Waals surface area contributed by atoms with Gasteiger partial charge in [0.2, 0.25) is 0 Å². The van der Waals surface area contributed by atoms with Gasteiger partial charge in [-0.05, 0) is 43.4 Å². The summed E-state index contributed by atoms with van der Waals surface area (Å²) < 4.78 is 0. The van der Waals surface area contributed by atoms with Gasteiger partial charge in [-0.2, -0.15) is 0 Å².